The molecule has 0 spiro atoms. The van der Waals surface area contributed by atoms with Gasteiger partial charge in [-0.05, 0) is 44.3 Å². The molecule has 0 bridgehead atoms. The van der Waals surface area contributed by atoms with Crippen LogP contribution in [0.4, 0.5) is 0 Å². The summed E-state index contributed by atoms with van der Waals surface area (Å²) in [6.07, 6.45) is 1.63. The number of benzene rings is 1. The van der Waals surface area contributed by atoms with E-state index in [4.69, 9.17) is 18.6 Å². The Morgan fingerprint density at radius 2 is 1.86 bits per heavy atom. The second-order valence-electron chi connectivity index (χ2n) is 10.2. The molecule has 2 aliphatic heterocycles. The summed E-state index contributed by atoms with van der Waals surface area (Å²) in [5.41, 5.74) is 0.483. The normalized spacial score (nSPS) is 33.8. The third kappa shape index (κ3) is 5.11. The molecule has 3 rings (SSSR count). The highest BCUT2D eigenvalue weighted by Crippen LogP contribution is 2.43. The highest BCUT2D eigenvalue weighted by Gasteiger charge is 2.50. The van der Waals surface area contributed by atoms with Crippen molar-refractivity contribution in [2.75, 3.05) is 13.2 Å². The maximum Gasteiger partial charge on any atom is 0.192 e. The van der Waals surface area contributed by atoms with Crippen molar-refractivity contribution in [3.8, 4) is 0 Å². The number of rotatable bonds is 5. The van der Waals surface area contributed by atoms with E-state index < -0.39 is 13.9 Å². The molecule has 0 aliphatic carbocycles. The van der Waals surface area contributed by atoms with Crippen molar-refractivity contribution in [3.63, 3.8) is 0 Å². The number of aliphatic hydroxyl groups excluding tert-OH is 1. The molecule has 164 valence electrons. The Kier molecular flexibility index (Phi) is 6.93. The summed E-state index contributed by atoms with van der Waals surface area (Å²) >= 11 is 0. The zero-order chi connectivity index (χ0) is 21.3. The summed E-state index contributed by atoms with van der Waals surface area (Å²) in [4.78, 5) is 0. The molecule has 1 aromatic rings. The molecule has 0 aromatic heterocycles. The van der Waals surface area contributed by atoms with Gasteiger partial charge in [0, 0.05) is 12.2 Å². The van der Waals surface area contributed by atoms with Crippen molar-refractivity contribution in [3.05, 3.63) is 35.9 Å². The van der Waals surface area contributed by atoms with Gasteiger partial charge in [0.05, 0.1) is 24.9 Å². The van der Waals surface area contributed by atoms with Gasteiger partial charge in [0.2, 0.25) is 0 Å². The van der Waals surface area contributed by atoms with Crippen molar-refractivity contribution >= 4 is 8.32 Å². The van der Waals surface area contributed by atoms with Gasteiger partial charge in [-0.1, -0.05) is 51.1 Å². The van der Waals surface area contributed by atoms with Gasteiger partial charge in [0.25, 0.3) is 0 Å². The molecule has 0 amide bonds. The maximum absolute atomic E-state index is 9.67. The molecule has 1 aromatic carbocycles. The topological polar surface area (TPSA) is 57.2 Å². The van der Waals surface area contributed by atoms with E-state index in [0.717, 1.165) is 18.4 Å². The molecule has 6 heteroatoms. The van der Waals surface area contributed by atoms with Gasteiger partial charge >= 0.3 is 0 Å². The average Bonchev–Trinajstić information content (AvgIpc) is 2.78. The van der Waals surface area contributed by atoms with Crippen LogP contribution >= 0.6 is 0 Å². The van der Waals surface area contributed by atoms with Crippen LogP contribution in [-0.2, 0) is 18.6 Å². The smallest absolute Gasteiger partial charge is 0.192 e. The average molecular weight is 423 g/mol. The number of ether oxygens (including phenoxy) is 3. The summed E-state index contributed by atoms with van der Waals surface area (Å²) in [6.45, 7) is 13.9. The van der Waals surface area contributed by atoms with Crippen molar-refractivity contribution in [2.24, 2.45) is 0 Å². The number of fused-ring (bicyclic) bond motifs is 1. The molecule has 0 unspecified atom stereocenters. The van der Waals surface area contributed by atoms with E-state index in [1.807, 2.05) is 30.3 Å². The van der Waals surface area contributed by atoms with Crippen LogP contribution in [0.3, 0.4) is 0 Å². The second kappa shape index (κ2) is 8.77. The van der Waals surface area contributed by atoms with Crippen molar-refractivity contribution < 1.29 is 23.7 Å². The third-order valence-electron chi connectivity index (χ3n) is 6.78. The summed E-state index contributed by atoms with van der Waals surface area (Å²) in [5, 5.41) is 9.79. The van der Waals surface area contributed by atoms with Gasteiger partial charge in [0.1, 0.15) is 5.60 Å². The van der Waals surface area contributed by atoms with Gasteiger partial charge in [-0.2, -0.15) is 0 Å². The predicted octanol–water partition coefficient (Wildman–Crippen LogP) is 4.81. The van der Waals surface area contributed by atoms with Crippen LogP contribution in [0.1, 0.15) is 58.8 Å². The largest absolute Gasteiger partial charge is 0.411 e. The summed E-state index contributed by atoms with van der Waals surface area (Å²) in [5.74, 6) is 0. The zero-order valence-electron chi connectivity index (χ0n) is 18.8. The van der Waals surface area contributed by atoms with Gasteiger partial charge in [-0.15, -0.1) is 0 Å². The van der Waals surface area contributed by atoms with E-state index in [-0.39, 0.29) is 36.2 Å². The lowest BCUT2D eigenvalue weighted by Crippen LogP contribution is -2.54. The van der Waals surface area contributed by atoms with Gasteiger partial charge < -0.3 is 23.7 Å². The highest BCUT2D eigenvalue weighted by molar-refractivity contribution is 6.74. The Hall–Kier alpha value is -0.763. The van der Waals surface area contributed by atoms with Crippen molar-refractivity contribution in [1.29, 1.82) is 0 Å². The fourth-order valence-corrected chi connectivity index (χ4v) is 5.30. The Morgan fingerprint density at radius 3 is 2.48 bits per heavy atom. The minimum Gasteiger partial charge on any atom is -0.411 e. The second-order valence-corrected chi connectivity index (χ2v) is 14.9. The first-order valence-electron chi connectivity index (χ1n) is 10.8. The molecule has 29 heavy (non-hydrogen) atoms. The molecular weight excluding hydrogens is 384 g/mol. The Bertz CT molecular complexity index is 659. The molecule has 5 nitrogen and oxygen atoms in total. The first-order chi connectivity index (χ1) is 13.6. The zero-order valence-corrected chi connectivity index (χ0v) is 19.8. The fourth-order valence-electron chi connectivity index (χ4n) is 3.92. The van der Waals surface area contributed by atoms with Gasteiger partial charge in [0.15, 0.2) is 14.6 Å². The molecule has 2 saturated heterocycles. The summed E-state index contributed by atoms with van der Waals surface area (Å²) < 4.78 is 25.8. The van der Waals surface area contributed by atoms with Crippen LogP contribution < -0.4 is 0 Å². The molecule has 5 atom stereocenters. The van der Waals surface area contributed by atoms with E-state index in [1.165, 1.54) is 0 Å². The van der Waals surface area contributed by atoms with Crippen LogP contribution in [0, 0.1) is 0 Å². The Labute approximate surface area is 176 Å². The van der Waals surface area contributed by atoms with Gasteiger partial charge in [-0.3, -0.25) is 0 Å². The molecule has 2 fully saturated rings. The van der Waals surface area contributed by atoms with E-state index >= 15 is 0 Å². The molecule has 0 radical (unpaired) electrons. The quantitative estimate of drug-likeness (QED) is 0.690. The summed E-state index contributed by atoms with van der Waals surface area (Å²) in [6, 6.07) is 10.1. The van der Waals surface area contributed by atoms with Crippen LogP contribution in [0.25, 0.3) is 0 Å². The lowest BCUT2D eigenvalue weighted by Gasteiger charge is -2.45. The first-order valence-corrected chi connectivity index (χ1v) is 13.7. The van der Waals surface area contributed by atoms with E-state index in [0.29, 0.717) is 13.0 Å². The molecule has 2 aliphatic rings. The monoisotopic (exact) mass is 422 g/mol. The van der Waals surface area contributed by atoms with Crippen LogP contribution in [0.5, 0.6) is 0 Å². The Balaban J connectivity index is 1.78. The predicted molar refractivity (Wildman–Crippen MR) is 116 cm³/mol. The molecule has 1 N–H and O–H groups in total. The minimum absolute atomic E-state index is 0.0377. The van der Waals surface area contributed by atoms with E-state index in [1.54, 1.807) is 0 Å². The third-order valence-corrected chi connectivity index (χ3v) is 11.3. The number of hydrogen-bond donors (Lipinski definition) is 1. The van der Waals surface area contributed by atoms with Crippen molar-refractivity contribution in [1.82, 2.24) is 0 Å². The van der Waals surface area contributed by atoms with Crippen LogP contribution in [0.2, 0.25) is 18.1 Å². The van der Waals surface area contributed by atoms with E-state index in [9.17, 15) is 5.11 Å². The molecule has 0 saturated carbocycles. The van der Waals surface area contributed by atoms with E-state index in [2.05, 4.69) is 40.8 Å². The lowest BCUT2D eigenvalue weighted by molar-refractivity contribution is -0.306. The highest BCUT2D eigenvalue weighted by atomic mass is 28.4. The minimum atomic E-state index is -1.96. The Morgan fingerprint density at radius 1 is 1.17 bits per heavy atom. The fraction of sp³-hybridized carbons (Fsp3) is 0.739. The molecule has 2 heterocycles. The number of aliphatic hydroxyl groups is 1. The maximum atomic E-state index is 9.67. The standard InChI is InChI=1S/C23H38O5Si/c1-22(2,3)29(5,6)28-19-12-13-20-23(4,27-18(19)14-15-24)16-25-21(26-20)17-10-8-7-9-11-17/h7-11,18-21,24H,12-16H2,1-6H3/t18-,19+,20+,21-,23-/m0/s1. The van der Waals surface area contributed by atoms with Gasteiger partial charge in [-0.25, -0.2) is 0 Å². The van der Waals surface area contributed by atoms with Crippen LogP contribution in [-0.4, -0.2) is 50.6 Å². The summed E-state index contributed by atoms with van der Waals surface area (Å²) in [7, 11) is -1.96. The lowest BCUT2D eigenvalue weighted by atomic mass is 9.94. The molecular formula is C23H38O5Si. The SMILES string of the molecule is CC(C)(C)[Si](C)(C)O[C@@H]1CC[C@H]2O[C@@H](c3ccccc3)OC[C@]2(C)O[C@H]1CCO. The van der Waals surface area contributed by atoms with Crippen LogP contribution in [0.15, 0.2) is 30.3 Å². The van der Waals surface area contributed by atoms with Crippen molar-refractivity contribution in [2.45, 2.75) is 95.3 Å². The first kappa shape index (κ1) is 22.9. The number of hydrogen-bond acceptors (Lipinski definition) is 5.